The van der Waals surface area contributed by atoms with Crippen LogP contribution >= 0.6 is 24.0 Å². The molecule has 0 amide bonds. The van der Waals surface area contributed by atoms with Crippen molar-refractivity contribution in [1.29, 1.82) is 0 Å². The van der Waals surface area contributed by atoms with Crippen LogP contribution in [0.25, 0.3) is 0 Å². The highest BCUT2D eigenvalue weighted by atomic mass is 127. The second-order valence-electron chi connectivity index (χ2n) is 7.84. The Hall–Kier alpha value is -0.900. The van der Waals surface area contributed by atoms with Crippen LogP contribution in [0.2, 0.25) is 0 Å². The third-order valence-corrected chi connectivity index (χ3v) is 5.83. The van der Waals surface area contributed by atoms with E-state index in [0.717, 1.165) is 69.8 Å². The van der Waals surface area contributed by atoms with Crippen molar-refractivity contribution in [3.63, 3.8) is 0 Å². The number of rotatable bonds is 7. The van der Waals surface area contributed by atoms with Crippen molar-refractivity contribution < 1.29 is 4.74 Å². The molecule has 1 saturated heterocycles. The molecule has 0 bridgehead atoms. The Labute approximate surface area is 186 Å². The zero-order valence-electron chi connectivity index (χ0n) is 17.5. The lowest BCUT2D eigenvalue weighted by molar-refractivity contribution is 0.0625. The van der Waals surface area contributed by atoms with Gasteiger partial charge in [-0.1, -0.05) is 6.42 Å². The molecule has 1 aromatic heterocycles. The summed E-state index contributed by atoms with van der Waals surface area (Å²) in [5.41, 5.74) is 0. The van der Waals surface area contributed by atoms with Gasteiger partial charge in [0, 0.05) is 59.8 Å². The molecule has 0 radical (unpaired) electrons. The number of halogens is 1. The molecule has 28 heavy (non-hydrogen) atoms. The fourth-order valence-corrected chi connectivity index (χ4v) is 4.08. The number of guanidine groups is 1. The molecule has 160 valence electrons. The minimum atomic E-state index is 0. The summed E-state index contributed by atoms with van der Waals surface area (Å²) < 4.78 is 7.80. The zero-order chi connectivity index (χ0) is 18.9. The lowest BCUT2D eigenvalue weighted by Gasteiger charge is -2.26. The van der Waals surface area contributed by atoms with Gasteiger partial charge in [0.05, 0.1) is 0 Å². The fraction of sp³-hybridized carbons (Fsp3) is 0.850. The average Bonchev–Trinajstić information content (AvgIpc) is 2.93. The van der Waals surface area contributed by atoms with E-state index in [2.05, 4.69) is 37.0 Å². The van der Waals surface area contributed by atoms with Gasteiger partial charge in [0.2, 0.25) is 0 Å². The van der Waals surface area contributed by atoms with Gasteiger partial charge in [-0.05, 0) is 44.4 Å². The first-order valence-corrected chi connectivity index (χ1v) is 10.7. The topological polar surface area (TPSA) is 67.6 Å². The van der Waals surface area contributed by atoms with Crippen molar-refractivity contribution in [3.8, 4) is 0 Å². The van der Waals surface area contributed by atoms with Crippen LogP contribution in [0, 0.1) is 5.92 Å². The van der Waals surface area contributed by atoms with Crippen molar-refractivity contribution in [2.45, 2.75) is 64.3 Å². The van der Waals surface area contributed by atoms with Gasteiger partial charge in [0.15, 0.2) is 5.96 Å². The van der Waals surface area contributed by atoms with Crippen molar-refractivity contribution in [2.24, 2.45) is 10.9 Å². The summed E-state index contributed by atoms with van der Waals surface area (Å²) in [4.78, 5) is 6.69. The number of aliphatic imine (C=N–C) groups is 1. The maximum absolute atomic E-state index is 5.45. The first-order valence-electron chi connectivity index (χ1n) is 10.7. The average molecular weight is 504 g/mol. The van der Waals surface area contributed by atoms with E-state index in [9.17, 15) is 0 Å². The van der Waals surface area contributed by atoms with Gasteiger partial charge in [-0.25, -0.2) is 0 Å². The smallest absolute Gasteiger partial charge is 0.193 e. The standard InChI is InChI=1S/C20H36N6O.HI/c1-21-20(25(2)14-9-17-10-15-27-16-11-17)22-12-6-8-19-24-23-18-7-4-3-5-13-26(18)19;/h17H,3-16H2,1-2H3,(H,21,22);1H. The largest absolute Gasteiger partial charge is 0.381 e. The molecule has 1 fully saturated rings. The van der Waals surface area contributed by atoms with E-state index in [0.29, 0.717) is 0 Å². The third kappa shape index (κ3) is 6.86. The van der Waals surface area contributed by atoms with Crippen LogP contribution in [-0.4, -0.2) is 66.0 Å². The molecule has 8 heteroatoms. The monoisotopic (exact) mass is 504 g/mol. The van der Waals surface area contributed by atoms with Crippen LogP contribution in [-0.2, 0) is 24.1 Å². The zero-order valence-corrected chi connectivity index (χ0v) is 19.9. The molecule has 3 heterocycles. The Kier molecular flexibility index (Phi) is 10.5. The molecule has 2 aliphatic rings. The highest BCUT2D eigenvalue weighted by Crippen LogP contribution is 2.18. The predicted molar refractivity (Wildman–Crippen MR) is 123 cm³/mol. The molecule has 0 unspecified atom stereocenters. The number of nitrogens with one attached hydrogen (secondary N) is 1. The molecule has 3 rings (SSSR count). The van der Waals surface area contributed by atoms with Gasteiger partial charge < -0.3 is 19.5 Å². The first-order chi connectivity index (χ1) is 13.3. The quantitative estimate of drug-likeness (QED) is 0.268. The predicted octanol–water partition coefficient (Wildman–Crippen LogP) is 2.88. The highest BCUT2D eigenvalue weighted by Gasteiger charge is 2.16. The summed E-state index contributed by atoms with van der Waals surface area (Å²) in [5, 5.41) is 12.3. The van der Waals surface area contributed by atoms with Crippen LogP contribution in [0.15, 0.2) is 4.99 Å². The molecule has 0 atom stereocenters. The van der Waals surface area contributed by atoms with Gasteiger partial charge in [0.25, 0.3) is 0 Å². The van der Waals surface area contributed by atoms with E-state index in [1.807, 2.05) is 7.05 Å². The molecule has 1 N–H and O–H groups in total. The van der Waals surface area contributed by atoms with Gasteiger partial charge in [-0.3, -0.25) is 4.99 Å². The molecular formula is C20H37IN6O. The Morgan fingerprint density at radius 3 is 2.86 bits per heavy atom. The van der Waals surface area contributed by atoms with Crippen LogP contribution in [0.1, 0.15) is 56.6 Å². The van der Waals surface area contributed by atoms with Gasteiger partial charge in [-0.2, -0.15) is 0 Å². The fourth-order valence-electron chi connectivity index (χ4n) is 4.08. The Morgan fingerprint density at radius 1 is 1.25 bits per heavy atom. The lowest BCUT2D eigenvalue weighted by atomic mass is 9.96. The summed E-state index contributed by atoms with van der Waals surface area (Å²) in [7, 11) is 4.00. The van der Waals surface area contributed by atoms with E-state index in [4.69, 9.17) is 4.74 Å². The van der Waals surface area contributed by atoms with Crippen LogP contribution in [0.4, 0.5) is 0 Å². The van der Waals surface area contributed by atoms with Gasteiger partial charge in [-0.15, -0.1) is 34.2 Å². The molecule has 0 spiro atoms. The Bertz CT molecular complexity index is 600. The highest BCUT2D eigenvalue weighted by molar-refractivity contribution is 14.0. The van der Waals surface area contributed by atoms with Crippen molar-refractivity contribution in [1.82, 2.24) is 25.0 Å². The molecule has 2 aliphatic heterocycles. The minimum Gasteiger partial charge on any atom is -0.381 e. The lowest BCUT2D eigenvalue weighted by Crippen LogP contribution is -2.40. The number of fused-ring (bicyclic) bond motifs is 1. The number of ether oxygens (including phenoxy) is 1. The minimum absolute atomic E-state index is 0. The Balaban J connectivity index is 0.00000280. The first kappa shape index (κ1) is 23.4. The SMILES string of the molecule is CN=C(NCCCc1nnc2n1CCCCC2)N(C)CCC1CCOCC1.I. The van der Waals surface area contributed by atoms with E-state index in [-0.39, 0.29) is 24.0 Å². The molecule has 0 aromatic carbocycles. The summed E-state index contributed by atoms with van der Waals surface area (Å²) >= 11 is 0. The number of aryl methyl sites for hydroxylation is 2. The number of nitrogens with zero attached hydrogens (tertiary/aromatic N) is 5. The molecular weight excluding hydrogens is 467 g/mol. The maximum Gasteiger partial charge on any atom is 0.193 e. The normalized spacial score (nSPS) is 18.1. The number of aromatic nitrogens is 3. The van der Waals surface area contributed by atoms with E-state index in [1.54, 1.807) is 0 Å². The van der Waals surface area contributed by atoms with Crippen LogP contribution in [0.3, 0.4) is 0 Å². The molecule has 0 saturated carbocycles. The number of hydrogen-bond acceptors (Lipinski definition) is 4. The maximum atomic E-state index is 5.45. The van der Waals surface area contributed by atoms with Crippen molar-refractivity contribution >= 4 is 29.9 Å². The summed E-state index contributed by atoms with van der Waals surface area (Å²) in [6.45, 7) is 4.89. The van der Waals surface area contributed by atoms with Gasteiger partial charge >= 0.3 is 0 Å². The molecule has 0 aliphatic carbocycles. The van der Waals surface area contributed by atoms with Crippen LogP contribution in [0.5, 0.6) is 0 Å². The number of hydrogen-bond donors (Lipinski definition) is 1. The summed E-state index contributed by atoms with van der Waals surface area (Å²) in [6.07, 6.45) is 10.5. The van der Waals surface area contributed by atoms with Crippen molar-refractivity contribution in [3.05, 3.63) is 11.6 Å². The summed E-state index contributed by atoms with van der Waals surface area (Å²) in [5.74, 6) is 4.11. The van der Waals surface area contributed by atoms with Gasteiger partial charge in [0.1, 0.15) is 11.6 Å². The van der Waals surface area contributed by atoms with Crippen LogP contribution < -0.4 is 5.32 Å². The molecule has 7 nitrogen and oxygen atoms in total. The van der Waals surface area contributed by atoms with E-state index in [1.165, 1.54) is 44.3 Å². The van der Waals surface area contributed by atoms with E-state index < -0.39 is 0 Å². The third-order valence-electron chi connectivity index (χ3n) is 5.83. The van der Waals surface area contributed by atoms with Crippen molar-refractivity contribution in [2.75, 3.05) is 40.4 Å². The second-order valence-corrected chi connectivity index (χ2v) is 7.84. The second kappa shape index (κ2) is 12.6. The van der Waals surface area contributed by atoms with E-state index >= 15 is 0 Å². The Morgan fingerprint density at radius 2 is 2.07 bits per heavy atom. The molecule has 1 aromatic rings. The summed E-state index contributed by atoms with van der Waals surface area (Å²) in [6, 6.07) is 0.